The zero-order chi connectivity index (χ0) is 21.0. The maximum absolute atomic E-state index is 11.3. The van der Waals surface area contributed by atoms with Crippen LogP contribution < -0.4 is 0 Å². The Bertz CT molecular complexity index is 1150. The van der Waals surface area contributed by atoms with E-state index in [9.17, 15) is 30.3 Å². The summed E-state index contributed by atoms with van der Waals surface area (Å²) in [4.78, 5) is 19.7. The van der Waals surface area contributed by atoms with Crippen molar-refractivity contribution in [2.75, 3.05) is 0 Å². The van der Waals surface area contributed by atoms with Crippen molar-refractivity contribution in [1.82, 2.24) is 0 Å². The number of benzene rings is 3. The number of nitrogens with zero attached hydrogens (tertiary/aromatic N) is 2. The van der Waals surface area contributed by atoms with Gasteiger partial charge in [-0.1, -0.05) is 0 Å². The average molecular weight is 487 g/mol. The summed E-state index contributed by atoms with van der Waals surface area (Å²) in [7, 11) is 0. The van der Waals surface area contributed by atoms with Crippen molar-refractivity contribution in [2.45, 2.75) is 0 Å². The summed E-state index contributed by atoms with van der Waals surface area (Å²) in [5.41, 5.74) is 1.19. The molecule has 0 fully saturated rings. The average Bonchev–Trinajstić information content (AvgIpc) is 2.67. The van der Waals surface area contributed by atoms with Gasteiger partial charge in [0.1, 0.15) is 23.0 Å². The Morgan fingerprint density at radius 2 is 1.16 bits per heavy atom. The number of hydrogen-bond donors (Lipinski definition) is 5. The molecule has 0 saturated carbocycles. The Kier molecular flexibility index (Phi) is 10.6. The molecule has 10 nitrogen and oxygen atoms in total. The molecule has 0 unspecified atom stereocenters. The maximum atomic E-state index is 11.3. The van der Waals surface area contributed by atoms with Crippen LogP contribution in [0.3, 0.4) is 0 Å². The molecule has 0 aliphatic carbocycles. The molecule has 0 heterocycles. The quantitative estimate of drug-likeness (QED) is 0.340. The van der Waals surface area contributed by atoms with E-state index in [1.807, 2.05) is 0 Å². The maximum Gasteiger partial charge on any atom is 0.335 e. The van der Waals surface area contributed by atoms with Gasteiger partial charge in [-0.3, -0.25) is 9.98 Å². The van der Waals surface area contributed by atoms with Crippen LogP contribution in [-0.2, 0) is 16.8 Å². The number of aromatic hydroxyl groups is 4. The molecular formula is C21H20CoN2O8. The van der Waals surface area contributed by atoms with E-state index in [-0.39, 0.29) is 62.0 Å². The van der Waals surface area contributed by atoms with E-state index in [1.54, 1.807) is 0 Å². The summed E-state index contributed by atoms with van der Waals surface area (Å²) in [5, 5.41) is 47.6. The van der Waals surface area contributed by atoms with Crippen LogP contribution in [0.2, 0.25) is 0 Å². The predicted molar refractivity (Wildman–Crippen MR) is 115 cm³/mol. The van der Waals surface area contributed by atoms with E-state index in [1.165, 1.54) is 61.0 Å². The molecule has 3 aromatic rings. The SMILES string of the molecule is O.O.O=C(O)c1ccc(N=Cc2ccc(O)cc2O)c(N=Cc2ccc(O)cc2O)c1.[Co]. The van der Waals surface area contributed by atoms with Gasteiger partial charge < -0.3 is 36.5 Å². The van der Waals surface area contributed by atoms with Gasteiger partial charge in [0.2, 0.25) is 0 Å². The molecule has 0 atom stereocenters. The minimum atomic E-state index is -1.14. The van der Waals surface area contributed by atoms with Crippen LogP contribution in [0, 0.1) is 0 Å². The van der Waals surface area contributed by atoms with Crippen LogP contribution in [0.25, 0.3) is 0 Å². The first kappa shape index (κ1) is 28.1. The molecule has 1 radical (unpaired) electrons. The minimum Gasteiger partial charge on any atom is -0.508 e. The third kappa shape index (κ3) is 6.82. The van der Waals surface area contributed by atoms with Gasteiger partial charge in [-0.2, -0.15) is 0 Å². The monoisotopic (exact) mass is 487 g/mol. The summed E-state index contributed by atoms with van der Waals surface area (Å²) < 4.78 is 0. The van der Waals surface area contributed by atoms with Gasteiger partial charge in [-0.25, -0.2) is 4.79 Å². The third-order valence-electron chi connectivity index (χ3n) is 3.94. The van der Waals surface area contributed by atoms with E-state index in [4.69, 9.17) is 0 Å². The van der Waals surface area contributed by atoms with Crippen LogP contribution in [-0.4, -0.2) is 54.9 Å². The smallest absolute Gasteiger partial charge is 0.335 e. The van der Waals surface area contributed by atoms with Gasteiger partial charge in [0.15, 0.2) is 0 Å². The molecule has 0 aliphatic heterocycles. The Morgan fingerprint density at radius 3 is 1.59 bits per heavy atom. The van der Waals surface area contributed by atoms with Gasteiger partial charge in [0.05, 0.1) is 16.9 Å². The van der Waals surface area contributed by atoms with Gasteiger partial charge >= 0.3 is 5.97 Å². The standard InChI is InChI=1S/C21H16N2O6.Co.2H2O/c24-15-4-1-13(19(26)8-15)10-22-17-6-3-12(21(28)29)7-18(17)23-11-14-2-5-16(25)9-20(14)27;;;/h1-11,24-27H,(H,28,29);;2*1H2. The Morgan fingerprint density at radius 1 is 0.688 bits per heavy atom. The summed E-state index contributed by atoms with van der Waals surface area (Å²) in [6.07, 6.45) is 2.66. The van der Waals surface area contributed by atoms with Crippen molar-refractivity contribution >= 4 is 29.8 Å². The number of phenols is 4. The van der Waals surface area contributed by atoms with Gasteiger partial charge in [0.25, 0.3) is 0 Å². The Hall–Kier alpha value is -3.90. The minimum absolute atomic E-state index is 0. The summed E-state index contributed by atoms with van der Waals surface area (Å²) >= 11 is 0. The second kappa shape index (κ2) is 12.1. The fraction of sp³-hybridized carbons (Fsp3) is 0. The van der Waals surface area contributed by atoms with E-state index < -0.39 is 5.97 Å². The van der Waals surface area contributed by atoms with Crippen LogP contribution >= 0.6 is 0 Å². The zero-order valence-corrected chi connectivity index (χ0v) is 17.3. The Balaban J connectivity index is 0.00000320. The number of phenolic OH excluding ortho intramolecular Hbond substituents is 4. The number of hydrogen-bond acceptors (Lipinski definition) is 7. The molecule has 3 rings (SSSR count). The van der Waals surface area contributed by atoms with Gasteiger partial charge in [-0.05, 0) is 42.5 Å². The van der Waals surface area contributed by atoms with Crippen LogP contribution in [0.1, 0.15) is 21.5 Å². The number of carboxylic acids is 1. The number of carboxylic acid groups (broad SMARTS) is 1. The third-order valence-corrected chi connectivity index (χ3v) is 3.94. The number of carbonyl (C=O) groups is 1. The van der Waals surface area contributed by atoms with Crippen molar-refractivity contribution in [1.29, 1.82) is 0 Å². The fourth-order valence-electron chi connectivity index (χ4n) is 2.43. The topological polar surface area (TPSA) is 206 Å². The molecule has 0 aromatic heterocycles. The van der Waals surface area contributed by atoms with Crippen molar-refractivity contribution in [3.05, 3.63) is 71.3 Å². The predicted octanol–water partition coefficient (Wildman–Crippen LogP) is 2.06. The fourth-order valence-corrected chi connectivity index (χ4v) is 2.43. The molecule has 0 bridgehead atoms. The molecule has 171 valence electrons. The molecule has 0 amide bonds. The number of rotatable bonds is 5. The van der Waals surface area contributed by atoms with E-state index in [0.29, 0.717) is 16.8 Å². The first-order valence-electron chi connectivity index (χ1n) is 8.33. The summed E-state index contributed by atoms with van der Waals surface area (Å²) in [6.45, 7) is 0. The van der Waals surface area contributed by atoms with Crippen molar-refractivity contribution < 1.29 is 58.1 Å². The van der Waals surface area contributed by atoms with Crippen molar-refractivity contribution in [3.8, 4) is 23.0 Å². The first-order valence-corrected chi connectivity index (χ1v) is 8.33. The molecule has 32 heavy (non-hydrogen) atoms. The van der Waals surface area contributed by atoms with E-state index >= 15 is 0 Å². The van der Waals surface area contributed by atoms with Crippen LogP contribution in [0.5, 0.6) is 23.0 Å². The van der Waals surface area contributed by atoms with Gasteiger partial charge in [0, 0.05) is 52.5 Å². The van der Waals surface area contributed by atoms with Crippen molar-refractivity contribution in [2.24, 2.45) is 9.98 Å². The normalized spacial score (nSPS) is 10.2. The summed E-state index contributed by atoms with van der Waals surface area (Å²) in [5.74, 6) is -1.70. The summed E-state index contributed by atoms with van der Waals surface area (Å²) in [6, 6.07) is 12.2. The van der Waals surface area contributed by atoms with Crippen LogP contribution in [0.15, 0.2) is 64.6 Å². The molecule has 9 N–H and O–H groups in total. The van der Waals surface area contributed by atoms with E-state index in [2.05, 4.69) is 9.98 Å². The molecular weight excluding hydrogens is 467 g/mol. The van der Waals surface area contributed by atoms with Crippen LogP contribution in [0.4, 0.5) is 11.4 Å². The molecule has 0 saturated heterocycles. The van der Waals surface area contributed by atoms with Crippen molar-refractivity contribution in [3.63, 3.8) is 0 Å². The molecule has 3 aromatic carbocycles. The second-order valence-corrected chi connectivity index (χ2v) is 6.01. The Labute approximate surface area is 192 Å². The largest absolute Gasteiger partial charge is 0.508 e. The van der Waals surface area contributed by atoms with Gasteiger partial charge in [-0.15, -0.1) is 0 Å². The molecule has 0 spiro atoms. The zero-order valence-electron chi connectivity index (χ0n) is 16.2. The number of aromatic carboxylic acids is 1. The molecule has 11 heteroatoms. The second-order valence-electron chi connectivity index (χ2n) is 6.01. The first-order chi connectivity index (χ1) is 13.8. The van der Waals surface area contributed by atoms with E-state index in [0.717, 1.165) is 6.07 Å². The number of aliphatic imine (C=N–C) groups is 2. The molecule has 0 aliphatic rings.